The van der Waals surface area contributed by atoms with Crippen molar-refractivity contribution in [3.05, 3.63) is 58.3 Å². The number of aromatic nitrogens is 2. The zero-order chi connectivity index (χ0) is 16.4. The lowest BCUT2D eigenvalue weighted by Gasteiger charge is -2.04. The van der Waals surface area contributed by atoms with Crippen molar-refractivity contribution in [2.45, 2.75) is 0 Å². The number of aromatic amines is 1. The van der Waals surface area contributed by atoms with Gasteiger partial charge in [-0.25, -0.2) is 13.4 Å². The van der Waals surface area contributed by atoms with Gasteiger partial charge in [-0.1, -0.05) is 12.1 Å². The van der Waals surface area contributed by atoms with Crippen molar-refractivity contribution >= 4 is 27.0 Å². The molecule has 1 aromatic carbocycles. The molecule has 0 aliphatic heterocycles. The molecule has 118 valence electrons. The van der Waals surface area contributed by atoms with Crippen molar-refractivity contribution < 1.29 is 8.42 Å². The van der Waals surface area contributed by atoms with Crippen LogP contribution in [0.3, 0.4) is 0 Å². The Bertz CT molecular complexity index is 989. The van der Waals surface area contributed by atoms with Crippen LogP contribution in [0.2, 0.25) is 0 Å². The maximum Gasteiger partial charge on any atom is 0.248 e. The van der Waals surface area contributed by atoms with Crippen molar-refractivity contribution in [3.63, 3.8) is 0 Å². The predicted molar refractivity (Wildman–Crippen MR) is 92.1 cm³/mol. The topological polar surface area (TPSA) is 91.9 Å². The van der Waals surface area contributed by atoms with Crippen LogP contribution in [-0.2, 0) is 10.0 Å². The number of nitrogens with zero attached hydrogens (tertiary/aromatic N) is 1. The average Bonchev–Trinajstić information content (AvgIpc) is 2.96. The molecule has 2 heterocycles. The van der Waals surface area contributed by atoms with Crippen molar-refractivity contribution in [3.8, 4) is 21.8 Å². The molecule has 0 saturated heterocycles. The predicted octanol–water partition coefficient (Wildman–Crippen LogP) is 2.54. The van der Waals surface area contributed by atoms with Crippen LogP contribution in [0.5, 0.6) is 0 Å². The number of benzene rings is 1. The molecular formula is C15H13N3O3S2. The Kier molecular flexibility index (Phi) is 4.01. The molecule has 0 atom stereocenters. The molecule has 0 aliphatic carbocycles. The van der Waals surface area contributed by atoms with E-state index in [0.717, 1.165) is 28.1 Å². The van der Waals surface area contributed by atoms with Crippen LogP contribution in [-0.4, -0.2) is 24.6 Å². The summed E-state index contributed by atoms with van der Waals surface area (Å²) >= 11 is 1.44. The smallest absolute Gasteiger partial charge is 0.248 e. The lowest BCUT2D eigenvalue weighted by Crippen LogP contribution is -2.09. The summed E-state index contributed by atoms with van der Waals surface area (Å²) in [6.07, 6.45) is 2.69. The number of hydrogen-bond acceptors (Lipinski definition) is 5. The molecule has 2 N–H and O–H groups in total. The highest BCUT2D eigenvalue weighted by atomic mass is 32.2. The van der Waals surface area contributed by atoms with Crippen molar-refractivity contribution in [1.82, 2.24) is 9.97 Å². The minimum atomic E-state index is -3.29. The van der Waals surface area contributed by atoms with Crippen LogP contribution in [0.15, 0.2) is 52.8 Å². The standard InChI is InChI=1S/C15H13N3O3S2/c1-23(20,21)18-12-4-2-10(3-5-12)13-9-22-15(17-13)11-6-7-16-14(19)8-11/h2-9,18H,1H3,(H,16,19). The molecule has 0 saturated carbocycles. The van der Waals surface area contributed by atoms with Gasteiger partial charge in [0.25, 0.3) is 0 Å². The van der Waals surface area contributed by atoms with E-state index < -0.39 is 10.0 Å². The molecule has 6 nitrogen and oxygen atoms in total. The summed E-state index contributed by atoms with van der Waals surface area (Å²) in [7, 11) is -3.29. The van der Waals surface area contributed by atoms with E-state index in [4.69, 9.17) is 0 Å². The van der Waals surface area contributed by atoms with Gasteiger partial charge in [0.15, 0.2) is 0 Å². The fourth-order valence-corrected chi connectivity index (χ4v) is 3.43. The molecular weight excluding hydrogens is 334 g/mol. The van der Waals surface area contributed by atoms with E-state index in [0.29, 0.717) is 5.69 Å². The summed E-state index contributed by atoms with van der Waals surface area (Å²) in [6, 6.07) is 10.3. The van der Waals surface area contributed by atoms with E-state index in [9.17, 15) is 13.2 Å². The molecule has 0 spiro atoms. The van der Waals surface area contributed by atoms with Crippen LogP contribution >= 0.6 is 11.3 Å². The van der Waals surface area contributed by atoms with Gasteiger partial charge in [-0.15, -0.1) is 11.3 Å². The van der Waals surface area contributed by atoms with Gasteiger partial charge in [-0.2, -0.15) is 0 Å². The molecule has 0 fully saturated rings. The Hall–Kier alpha value is -2.45. The maximum atomic E-state index is 11.4. The number of H-pyrrole nitrogens is 1. The minimum absolute atomic E-state index is 0.171. The van der Waals surface area contributed by atoms with Crippen molar-refractivity contribution in [1.29, 1.82) is 0 Å². The quantitative estimate of drug-likeness (QED) is 0.758. The third kappa shape index (κ3) is 3.85. The number of pyridine rings is 1. The van der Waals surface area contributed by atoms with Crippen molar-refractivity contribution in [2.75, 3.05) is 11.0 Å². The third-order valence-corrected chi connectivity index (χ3v) is 4.51. The second-order valence-corrected chi connectivity index (χ2v) is 7.54. The van der Waals surface area contributed by atoms with Gasteiger partial charge < -0.3 is 4.98 Å². The summed E-state index contributed by atoms with van der Waals surface area (Å²) in [5, 5.41) is 2.65. The van der Waals surface area contributed by atoms with Gasteiger partial charge in [0, 0.05) is 34.5 Å². The molecule has 3 rings (SSSR count). The molecule has 0 radical (unpaired) electrons. The molecule has 0 amide bonds. The molecule has 8 heteroatoms. The molecule has 2 aromatic heterocycles. The fourth-order valence-electron chi connectivity index (χ4n) is 2.04. The first-order valence-corrected chi connectivity index (χ1v) is 9.41. The van der Waals surface area contributed by atoms with E-state index in [-0.39, 0.29) is 5.56 Å². The van der Waals surface area contributed by atoms with Crippen LogP contribution < -0.4 is 10.3 Å². The third-order valence-electron chi connectivity index (χ3n) is 3.01. The van der Waals surface area contributed by atoms with E-state index >= 15 is 0 Å². The first-order valence-electron chi connectivity index (χ1n) is 6.63. The van der Waals surface area contributed by atoms with Gasteiger partial charge in [0.1, 0.15) is 5.01 Å². The van der Waals surface area contributed by atoms with E-state index in [1.165, 1.54) is 17.4 Å². The Morgan fingerprint density at radius 3 is 2.52 bits per heavy atom. The Morgan fingerprint density at radius 1 is 1.13 bits per heavy atom. The largest absolute Gasteiger partial charge is 0.329 e. The molecule has 23 heavy (non-hydrogen) atoms. The van der Waals surface area contributed by atoms with Gasteiger partial charge in [-0.05, 0) is 18.2 Å². The number of rotatable bonds is 4. The normalized spacial score (nSPS) is 11.3. The lowest BCUT2D eigenvalue weighted by atomic mass is 10.1. The van der Waals surface area contributed by atoms with Gasteiger partial charge in [0.05, 0.1) is 11.9 Å². The van der Waals surface area contributed by atoms with Crippen LogP contribution in [0.25, 0.3) is 21.8 Å². The Labute approximate surface area is 136 Å². The number of hydrogen-bond donors (Lipinski definition) is 2. The van der Waals surface area contributed by atoms with E-state index in [1.54, 1.807) is 36.5 Å². The highest BCUT2D eigenvalue weighted by Gasteiger charge is 2.08. The van der Waals surface area contributed by atoms with Crippen LogP contribution in [0.4, 0.5) is 5.69 Å². The Morgan fingerprint density at radius 2 is 1.87 bits per heavy atom. The van der Waals surface area contributed by atoms with Gasteiger partial charge >= 0.3 is 0 Å². The van der Waals surface area contributed by atoms with E-state index in [2.05, 4.69) is 14.7 Å². The minimum Gasteiger partial charge on any atom is -0.329 e. The second-order valence-electron chi connectivity index (χ2n) is 4.93. The monoisotopic (exact) mass is 347 g/mol. The van der Waals surface area contributed by atoms with Crippen molar-refractivity contribution in [2.24, 2.45) is 0 Å². The fraction of sp³-hybridized carbons (Fsp3) is 0.0667. The lowest BCUT2D eigenvalue weighted by molar-refractivity contribution is 0.607. The average molecular weight is 347 g/mol. The molecule has 0 bridgehead atoms. The summed E-state index contributed by atoms with van der Waals surface area (Å²) in [4.78, 5) is 18.5. The molecule has 3 aromatic rings. The SMILES string of the molecule is CS(=O)(=O)Nc1ccc(-c2csc(-c3cc[nH]c(=O)c3)n2)cc1. The zero-order valence-corrected chi connectivity index (χ0v) is 13.7. The zero-order valence-electron chi connectivity index (χ0n) is 12.1. The number of nitrogens with one attached hydrogen (secondary N) is 2. The van der Waals surface area contributed by atoms with Gasteiger partial charge in [-0.3, -0.25) is 9.52 Å². The summed E-state index contributed by atoms with van der Waals surface area (Å²) < 4.78 is 24.8. The van der Waals surface area contributed by atoms with Crippen LogP contribution in [0.1, 0.15) is 0 Å². The number of thiazole rings is 1. The second kappa shape index (κ2) is 5.98. The first kappa shape index (κ1) is 15.4. The molecule has 0 aliphatic rings. The van der Waals surface area contributed by atoms with Crippen LogP contribution in [0, 0.1) is 0 Å². The first-order chi connectivity index (χ1) is 10.9. The van der Waals surface area contributed by atoms with Gasteiger partial charge in [0.2, 0.25) is 15.6 Å². The van der Waals surface area contributed by atoms with E-state index in [1.807, 2.05) is 5.38 Å². The number of anilines is 1. The Balaban J connectivity index is 1.87. The summed E-state index contributed by atoms with van der Waals surface area (Å²) in [6.45, 7) is 0. The summed E-state index contributed by atoms with van der Waals surface area (Å²) in [5.74, 6) is 0. The molecule has 0 unspecified atom stereocenters. The highest BCUT2D eigenvalue weighted by molar-refractivity contribution is 7.92. The highest BCUT2D eigenvalue weighted by Crippen LogP contribution is 2.28. The number of sulfonamides is 1. The maximum absolute atomic E-state index is 11.4. The summed E-state index contributed by atoms with van der Waals surface area (Å²) in [5.41, 5.74) is 2.74.